The van der Waals surface area contributed by atoms with E-state index in [2.05, 4.69) is 10.3 Å². The summed E-state index contributed by atoms with van der Waals surface area (Å²) in [6.07, 6.45) is -0.112. The maximum Gasteiger partial charge on any atom is 0.251 e. The standard InChI is InChI=1S/C10H11F2N5O2/c1-17-7(18)3-6(10(17)19)14-8-4(11)2-5(12)9(15-8)16-13/h2,6H,3,13H2,1H3,(H2,14,15,16). The average molecular weight is 271 g/mol. The van der Waals surface area contributed by atoms with E-state index in [1.807, 2.05) is 5.43 Å². The molecule has 0 saturated carbocycles. The van der Waals surface area contributed by atoms with Gasteiger partial charge in [0.15, 0.2) is 23.3 Å². The first-order chi connectivity index (χ1) is 8.93. The number of likely N-dealkylation sites (N-methyl/N-ethyl adjacent to an activating group) is 1. The van der Waals surface area contributed by atoms with E-state index in [0.29, 0.717) is 6.07 Å². The van der Waals surface area contributed by atoms with Crippen LogP contribution in [0.25, 0.3) is 0 Å². The number of aromatic nitrogens is 1. The van der Waals surface area contributed by atoms with Crippen LogP contribution >= 0.6 is 0 Å². The fourth-order valence-electron chi connectivity index (χ4n) is 1.70. The van der Waals surface area contributed by atoms with Gasteiger partial charge in [0.2, 0.25) is 5.91 Å². The number of hydrogen-bond acceptors (Lipinski definition) is 6. The lowest BCUT2D eigenvalue weighted by molar-refractivity contribution is -0.136. The molecule has 9 heteroatoms. The second-order valence-corrected chi connectivity index (χ2v) is 3.99. The van der Waals surface area contributed by atoms with Gasteiger partial charge in [-0.15, -0.1) is 0 Å². The summed E-state index contributed by atoms with van der Waals surface area (Å²) in [5.41, 5.74) is 1.96. The first-order valence-corrected chi connectivity index (χ1v) is 5.33. The number of carbonyl (C=O) groups excluding carboxylic acids is 2. The predicted octanol–water partition coefficient (Wildman–Crippen LogP) is -0.185. The van der Waals surface area contributed by atoms with E-state index in [1.54, 1.807) is 0 Å². The van der Waals surface area contributed by atoms with Crippen LogP contribution in [0.3, 0.4) is 0 Å². The number of nitrogens with one attached hydrogen (secondary N) is 2. The van der Waals surface area contributed by atoms with Gasteiger partial charge in [0.1, 0.15) is 6.04 Å². The Morgan fingerprint density at radius 2 is 2.00 bits per heavy atom. The van der Waals surface area contributed by atoms with Crippen molar-refractivity contribution >= 4 is 23.5 Å². The van der Waals surface area contributed by atoms with E-state index in [1.165, 1.54) is 7.05 Å². The lowest BCUT2D eigenvalue weighted by Gasteiger charge is -2.13. The summed E-state index contributed by atoms with van der Waals surface area (Å²) in [7, 11) is 1.33. The zero-order valence-corrected chi connectivity index (χ0v) is 9.91. The molecule has 1 saturated heterocycles. The van der Waals surface area contributed by atoms with Crippen LogP contribution in [0.4, 0.5) is 20.4 Å². The average Bonchev–Trinajstić information content (AvgIpc) is 2.60. The van der Waals surface area contributed by atoms with Gasteiger partial charge in [0.25, 0.3) is 5.91 Å². The first kappa shape index (κ1) is 13.1. The molecule has 1 aliphatic heterocycles. The van der Waals surface area contributed by atoms with Crippen LogP contribution in [0.1, 0.15) is 6.42 Å². The number of nitrogens with two attached hydrogens (primary N) is 1. The Balaban J connectivity index is 2.25. The number of rotatable bonds is 3. The Kier molecular flexibility index (Phi) is 3.30. The quantitative estimate of drug-likeness (QED) is 0.400. The van der Waals surface area contributed by atoms with Gasteiger partial charge >= 0.3 is 0 Å². The van der Waals surface area contributed by atoms with Crippen molar-refractivity contribution in [1.29, 1.82) is 0 Å². The van der Waals surface area contributed by atoms with Gasteiger partial charge in [-0.3, -0.25) is 14.5 Å². The molecule has 0 radical (unpaired) electrons. The van der Waals surface area contributed by atoms with Crippen molar-refractivity contribution < 1.29 is 18.4 Å². The molecule has 1 atom stereocenters. The minimum atomic E-state index is -0.980. The summed E-state index contributed by atoms with van der Waals surface area (Å²) >= 11 is 0. The number of halogens is 2. The van der Waals surface area contributed by atoms with E-state index >= 15 is 0 Å². The summed E-state index contributed by atoms with van der Waals surface area (Å²) < 4.78 is 26.6. The van der Waals surface area contributed by atoms with Crippen LogP contribution in [0.5, 0.6) is 0 Å². The molecule has 4 N–H and O–H groups in total. The van der Waals surface area contributed by atoms with Gasteiger partial charge in [-0.25, -0.2) is 19.6 Å². The van der Waals surface area contributed by atoms with Crippen molar-refractivity contribution in [2.75, 3.05) is 17.8 Å². The molecule has 1 aromatic heterocycles. The smallest absolute Gasteiger partial charge is 0.251 e. The Hall–Kier alpha value is -2.29. The van der Waals surface area contributed by atoms with Crippen LogP contribution in [-0.4, -0.2) is 34.8 Å². The molecule has 0 bridgehead atoms. The molecule has 2 heterocycles. The molecule has 0 aliphatic carbocycles. The topological polar surface area (TPSA) is 100 Å². The SMILES string of the molecule is CN1C(=O)CC(Nc2nc(NN)c(F)cc2F)C1=O. The van der Waals surface area contributed by atoms with Crippen molar-refractivity contribution in [2.45, 2.75) is 12.5 Å². The predicted molar refractivity (Wildman–Crippen MR) is 61.8 cm³/mol. The number of nitrogens with zero attached hydrogens (tertiary/aromatic N) is 2. The first-order valence-electron chi connectivity index (χ1n) is 5.33. The fourth-order valence-corrected chi connectivity index (χ4v) is 1.70. The molecule has 1 unspecified atom stereocenters. The number of likely N-dealkylation sites (tertiary alicyclic amines) is 1. The third kappa shape index (κ3) is 2.32. The maximum atomic E-state index is 13.5. The number of hydrazine groups is 1. The number of nitrogen functional groups attached to an aromatic ring is 1. The third-order valence-corrected chi connectivity index (χ3v) is 2.76. The molecule has 1 fully saturated rings. The molecule has 1 aliphatic rings. The number of pyridine rings is 1. The Labute approximate surface area is 106 Å². The number of anilines is 2. The molecule has 1 aromatic rings. The highest BCUT2D eigenvalue weighted by atomic mass is 19.1. The van der Waals surface area contributed by atoms with Crippen LogP contribution in [0.2, 0.25) is 0 Å². The van der Waals surface area contributed by atoms with E-state index in [9.17, 15) is 18.4 Å². The summed E-state index contributed by atoms with van der Waals surface area (Å²) in [6, 6.07) is -0.342. The van der Waals surface area contributed by atoms with Gasteiger partial charge in [0, 0.05) is 13.1 Å². The largest absolute Gasteiger partial charge is 0.355 e. The minimum absolute atomic E-state index is 0.112. The molecular weight excluding hydrogens is 260 g/mol. The minimum Gasteiger partial charge on any atom is -0.355 e. The normalized spacial score (nSPS) is 18.9. The van der Waals surface area contributed by atoms with Crippen molar-refractivity contribution in [1.82, 2.24) is 9.88 Å². The van der Waals surface area contributed by atoms with Crippen LogP contribution in [0.15, 0.2) is 6.07 Å². The highest BCUT2D eigenvalue weighted by molar-refractivity contribution is 6.06. The van der Waals surface area contributed by atoms with Gasteiger partial charge < -0.3 is 10.7 Å². The third-order valence-electron chi connectivity index (χ3n) is 2.76. The number of hydrogen-bond donors (Lipinski definition) is 3. The summed E-state index contributed by atoms with van der Waals surface area (Å²) in [5, 5.41) is 2.46. The molecule has 19 heavy (non-hydrogen) atoms. The lowest BCUT2D eigenvalue weighted by atomic mass is 10.2. The van der Waals surface area contributed by atoms with Crippen LogP contribution in [-0.2, 0) is 9.59 Å². The van der Waals surface area contributed by atoms with E-state index in [-0.39, 0.29) is 24.0 Å². The van der Waals surface area contributed by atoms with Crippen LogP contribution in [0, 0.1) is 11.6 Å². The van der Waals surface area contributed by atoms with Gasteiger partial charge in [-0.05, 0) is 0 Å². The Morgan fingerprint density at radius 3 is 2.53 bits per heavy atom. The number of amides is 2. The van der Waals surface area contributed by atoms with E-state index in [0.717, 1.165) is 4.90 Å². The molecule has 0 aromatic carbocycles. The van der Waals surface area contributed by atoms with Crippen molar-refractivity contribution in [2.24, 2.45) is 5.84 Å². The number of carbonyl (C=O) groups is 2. The van der Waals surface area contributed by atoms with Gasteiger partial charge in [-0.2, -0.15) is 0 Å². The van der Waals surface area contributed by atoms with E-state index in [4.69, 9.17) is 5.84 Å². The van der Waals surface area contributed by atoms with Crippen molar-refractivity contribution in [3.8, 4) is 0 Å². The highest BCUT2D eigenvalue weighted by Crippen LogP contribution is 2.21. The van der Waals surface area contributed by atoms with Crippen molar-refractivity contribution in [3.63, 3.8) is 0 Å². The zero-order chi connectivity index (χ0) is 14.2. The van der Waals surface area contributed by atoms with E-state index < -0.39 is 23.6 Å². The second-order valence-electron chi connectivity index (χ2n) is 3.99. The summed E-state index contributed by atoms with van der Waals surface area (Å²) in [6.45, 7) is 0. The summed E-state index contributed by atoms with van der Waals surface area (Å²) in [5.74, 6) is 1.47. The van der Waals surface area contributed by atoms with Gasteiger partial charge in [-0.1, -0.05) is 0 Å². The number of imide groups is 1. The van der Waals surface area contributed by atoms with Crippen molar-refractivity contribution in [3.05, 3.63) is 17.7 Å². The van der Waals surface area contributed by atoms with Crippen LogP contribution < -0.4 is 16.6 Å². The molecule has 0 spiro atoms. The summed E-state index contributed by atoms with van der Waals surface area (Å²) in [4.78, 5) is 27.4. The monoisotopic (exact) mass is 271 g/mol. The molecular formula is C10H11F2N5O2. The second kappa shape index (κ2) is 4.76. The fraction of sp³-hybridized carbons (Fsp3) is 0.300. The molecule has 7 nitrogen and oxygen atoms in total. The Morgan fingerprint density at radius 1 is 1.37 bits per heavy atom. The molecule has 2 amide bonds. The lowest BCUT2D eigenvalue weighted by Crippen LogP contribution is -2.32. The Bertz CT molecular complexity index is 551. The zero-order valence-electron chi connectivity index (χ0n) is 9.91. The molecule has 102 valence electrons. The van der Waals surface area contributed by atoms with Gasteiger partial charge in [0.05, 0.1) is 6.42 Å². The highest BCUT2D eigenvalue weighted by Gasteiger charge is 2.36. The molecule has 2 rings (SSSR count). The maximum absolute atomic E-state index is 13.5.